The second kappa shape index (κ2) is 7.98. The van der Waals surface area contributed by atoms with Gasteiger partial charge in [-0.1, -0.05) is 11.6 Å². The third-order valence-corrected chi connectivity index (χ3v) is 3.68. The van der Waals surface area contributed by atoms with Crippen molar-refractivity contribution >= 4 is 23.5 Å². The third-order valence-electron chi connectivity index (χ3n) is 3.42. The Morgan fingerprint density at radius 2 is 1.88 bits per heavy atom. The largest absolute Gasteiger partial charge is 0.478 e. The molecule has 1 aromatic carbocycles. The van der Waals surface area contributed by atoms with Gasteiger partial charge in [-0.15, -0.1) is 0 Å². The van der Waals surface area contributed by atoms with Crippen molar-refractivity contribution in [2.45, 2.75) is 25.9 Å². The molecule has 0 spiro atoms. The first-order valence-corrected chi connectivity index (χ1v) is 7.95. The van der Waals surface area contributed by atoms with E-state index >= 15 is 0 Å². The van der Waals surface area contributed by atoms with Crippen molar-refractivity contribution in [1.82, 2.24) is 4.98 Å². The molecule has 0 radical (unpaired) electrons. The van der Waals surface area contributed by atoms with Crippen molar-refractivity contribution in [1.29, 1.82) is 0 Å². The van der Waals surface area contributed by atoms with Gasteiger partial charge in [-0.05, 0) is 49.7 Å². The van der Waals surface area contributed by atoms with Crippen LogP contribution in [0.5, 0.6) is 5.75 Å². The number of aromatic carboxylic acids is 1. The van der Waals surface area contributed by atoms with Crippen molar-refractivity contribution in [2.24, 2.45) is 0 Å². The van der Waals surface area contributed by atoms with Crippen molar-refractivity contribution < 1.29 is 24.2 Å². The zero-order valence-corrected chi connectivity index (χ0v) is 14.6. The fraction of sp³-hybridized carbons (Fsp3) is 0.278. The van der Waals surface area contributed by atoms with E-state index in [1.54, 1.807) is 44.2 Å². The third kappa shape index (κ3) is 5.19. The van der Waals surface area contributed by atoms with Crippen molar-refractivity contribution in [3.05, 3.63) is 58.9 Å². The highest BCUT2D eigenvalue weighted by molar-refractivity contribution is 6.30. The summed E-state index contributed by atoms with van der Waals surface area (Å²) in [4.78, 5) is 27.2. The lowest BCUT2D eigenvalue weighted by Crippen LogP contribution is -2.40. The number of halogens is 1. The lowest BCUT2D eigenvalue weighted by atomic mass is 10.1. The SMILES string of the molecule is CC(C)(Oc1ccc(Cl)cc1)C(=O)OCCc1ccncc1C(=O)O. The van der Waals surface area contributed by atoms with Gasteiger partial charge in [0.15, 0.2) is 5.60 Å². The van der Waals surface area contributed by atoms with Crippen LogP contribution in [0.1, 0.15) is 29.8 Å². The van der Waals surface area contributed by atoms with Crippen LogP contribution in [0.2, 0.25) is 5.02 Å². The Kier molecular flexibility index (Phi) is 5.98. The summed E-state index contributed by atoms with van der Waals surface area (Å²) in [5, 5.41) is 9.68. The first-order valence-electron chi connectivity index (χ1n) is 7.57. The maximum atomic E-state index is 12.2. The lowest BCUT2D eigenvalue weighted by Gasteiger charge is -2.24. The highest BCUT2D eigenvalue weighted by Gasteiger charge is 2.31. The van der Waals surface area contributed by atoms with E-state index < -0.39 is 17.5 Å². The minimum absolute atomic E-state index is 0.0382. The van der Waals surface area contributed by atoms with E-state index in [1.165, 1.54) is 12.4 Å². The molecule has 1 heterocycles. The highest BCUT2D eigenvalue weighted by Crippen LogP contribution is 2.22. The number of esters is 1. The van der Waals surface area contributed by atoms with E-state index in [0.717, 1.165) is 0 Å². The van der Waals surface area contributed by atoms with Crippen LogP contribution in [0, 0.1) is 0 Å². The van der Waals surface area contributed by atoms with E-state index in [2.05, 4.69) is 4.98 Å². The first-order chi connectivity index (χ1) is 11.8. The molecule has 7 heteroatoms. The summed E-state index contributed by atoms with van der Waals surface area (Å²) in [5.74, 6) is -1.12. The van der Waals surface area contributed by atoms with Crippen LogP contribution in [-0.4, -0.2) is 34.2 Å². The Hall–Kier alpha value is -2.60. The summed E-state index contributed by atoms with van der Waals surface area (Å²) in [5.41, 5.74) is -0.552. The monoisotopic (exact) mass is 363 g/mol. The van der Waals surface area contributed by atoms with E-state index in [9.17, 15) is 9.59 Å². The van der Waals surface area contributed by atoms with Crippen LogP contribution in [0.15, 0.2) is 42.7 Å². The van der Waals surface area contributed by atoms with Crippen LogP contribution in [0.4, 0.5) is 0 Å². The van der Waals surface area contributed by atoms with Crippen molar-refractivity contribution in [3.63, 3.8) is 0 Å². The molecule has 2 rings (SSSR count). The molecule has 132 valence electrons. The summed E-state index contributed by atoms with van der Waals surface area (Å²) in [6.45, 7) is 3.23. The number of pyridine rings is 1. The number of nitrogens with zero attached hydrogens (tertiary/aromatic N) is 1. The summed E-state index contributed by atoms with van der Waals surface area (Å²) >= 11 is 5.81. The minimum atomic E-state index is -1.19. The summed E-state index contributed by atoms with van der Waals surface area (Å²) < 4.78 is 10.9. The van der Waals surface area contributed by atoms with E-state index in [1.807, 2.05) is 0 Å². The molecule has 1 N–H and O–H groups in total. The van der Waals surface area contributed by atoms with E-state index in [4.69, 9.17) is 26.2 Å². The number of rotatable bonds is 7. The molecule has 0 aliphatic carbocycles. The average Bonchev–Trinajstić information content (AvgIpc) is 2.57. The molecule has 0 amide bonds. The maximum absolute atomic E-state index is 12.2. The molecule has 2 aromatic rings. The van der Waals surface area contributed by atoms with Gasteiger partial charge in [-0.25, -0.2) is 9.59 Å². The second-order valence-electron chi connectivity index (χ2n) is 5.79. The Morgan fingerprint density at radius 1 is 1.20 bits per heavy atom. The number of carboxylic acids is 1. The normalized spacial score (nSPS) is 11.0. The predicted molar refractivity (Wildman–Crippen MR) is 92.0 cm³/mol. The molecule has 0 bridgehead atoms. The van der Waals surface area contributed by atoms with Crippen molar-refractivity contribution in [3.8, 4) is 5.75 Å². The van der Waals surface area contributed by atoms with Gasteiger partial charge in [0.2, 0.25) is 0 Å². The second-order valence-corrected chi connectivity index (χ2v) is 6.23. The fourth-order valence-electron chi connectivity index (χ4n) is 2.10. The van der Waals surface area contributed by atoms with Gasteiger partial charge in [0.25, 0.3) is 0 Å². The summed E-state index contributed by atoms with van der Waals surface area (Å²) in [6.07, 6.45) is 3.04. The van der Waals surface area contributed by atoms with E-state index in [0.29, 0.717) is 16.3 Å². The van der Waals surface area contributed by atoms with Crippen LogP contribution >= 0.6 is 11.6 Å². The molecule has 6 nitrogen and oxygen atoms in total. The molecule has 0 aliphatic rings. The number of hydrogen-bond acceptors (Lipinski definition) is 5. The number of carbonyl (C=O) groups is 2. The van der Waals surface area contributed by atoms with Crippen LogP contribution in [-0.2, 0) is 16.0 Å². The number of carboxylic acid groups (broad SMARTS) is 1. The molecule has 25 heavy (non-hydrogen) atoms. The zero-order valence-electron chi connectivity index (χ0n) is 13.9. The number of aromatic nitrogens is 1. The Balaban J connectivity index is 1.93. The molecule has 0 unspecified atom stereocenters. The predicted octanol–water partition coefficient (Wildman–Crippen LogP) is 3.38. The molecule has 0 atom stereocenters. The molecule has 0 fully saturated rings. The lowest BCUT2D eigenvalue weighted by molar-refractivity contribution is -0.159. The van der Waals surface area contributed by atoms with Gasteiger partial charge in [-0.3, -0.25) is 4.98 Å². The van der Waals surface area contributed by atoms with E-state index in [-0.39, 0.29) is 18.6 Å². The maximum Gasteiger partial charge on any atom is 0.349 e. The number of benzene rings is 1. The molecular formula is C18H18ClNO5. The molecule has 0 saturated heterocycles. The van der Waals surface area contributed by atoms with Crippen LogP contribution < -0.4 is 4.74 Å². The highest BCUT2D eigenvalue weighted by atomic mass is 35.5. The quantitative estimate of drug-likeness (QED) is 0.759. The van der Waals surface area contributed by atoms with Crippen LogP contribution in [0.25, 0.3) is 0 Å². The average molecular weight is 364 g/mol. The molecule has 0 aliphatic heterocycles. The van der Waals surface area contributed by atoms with Crippen LogP contribution in [0.3, 0.4) is 0 Å². The van der Waals surface area contributed by atoms with Gasteiger partial charge < -0.3 is 14.6 Å². The number of hydrogen-bond donors (Lipinski definition) is 1. The first kappa shape index (κ1) is 18.7. The van der Waals surface area contributed by atoms with Crippen molar-refractivity contribution in [2.75, 3.05) is 6.61 Å². The zero-order chi connectivity index (χ0) is 18.4. The number of ether oxygens (including phenoxy) is 2. The van der Waals surface area contributed by atoms with Gasteiger partial charge in [0.1, 0.15) is 5.75 Å². The number of carbonyl (C=O) groups excluding carboxylic acids is 1. The summed E-state index contributed by atoms with van der Waals surface area (Å²) in [6, 6.07) is 8.23. The fourth-order valence-corrected chi connectivity index (χ4v) is 2.23. The van der Waals surface area contributed by atoms with Gasteiger partial charge in [0.05, 0.1) is 12.2 Å². The molecule has 1 aromatic heterocycles. The molecular weight excluding hydrogens is 346 g/mol. The Bertz CT molecular complexity index is 758. The topological polar surface area (TPSA) is 85.7 Å². The Morgan fingerprint density at radius 3 is 2.52 bits per heavy atom. The minimum Gasteiger partial charge on any atom is -0.478 e. The molecule has 0 saturated carbocycles. The smallest absolute Gasteiger partial charge is 0.349 e. The Labute approximate surface area is 150 Å². The van der Waals surface area contributed by atoms with Gasteiger partial charge >= 0.3 is 11.9 Å². The van der Waals surface area contributed by atoms with Gasteiger partial charge in [0, 0.05) is 23.8 Å². The standard InChI is InChI=1S/C18H18ClNO5/c1-18(2,25-14-5-3-13(19)4-6-14)17(23)24-10-8-12-7-9-20-11-15(12)16(21)22/h3-7,9,11H,8,10H2,1-2H3,(H,21,22). The van der Waals surface area contributed by atoms with Gasteiger partial charge in [-0.2, -0.15) is 0 Å². The summed E-state index contributed by atoms with van der Waals surface area (Å²) in [7, 11) is 0.